The van der Waals surface area contributed by atoms with E-state index in [0.717, 1.165) is 0 Å². The molecule has 0 heterocycles. The molecule has 1 atom stereocenters. The number of hydrogen-bond acceptors (Lipinski definition) is 3. The molecule has 0 rings (SSSR count). The first-order valence-corrected chi connectivity index (χ1v) is 2.52. The monoisotopic (exact) mass is 163 g/mol. The van der Waals surface area contributed by atoms with Crippen LogP contribution in [0.3, 0.4) is 0 Å². The van der Waals surface area contributed by atoms with Gasteiger partial charge in [0.15, 0.2) is 0 Å². The number of halogens is 1. The van der Waals surface area contributed by atoms with Crippen molar-refractivity contribution in [2.24, 2.45) is 5.73 Å². The maximum absolute atomic E-state index is 12.1. The van der Waals surface area contributed by atoms with E-state index in [1.807, 2.05) is 0 Å². The lowest BCUT2D eigenvalue weighted by Crippen LogP contribution is -2.17. The third-order valence-corrected chi connectivity index (χ3v) is 0.809. The first-order valence-electron chi connectivity index (χ1n) is 2.52. The molecule has 0 saturated carbocycles. The van der Waals surface area contributed by atoms with E-state index in [9.17, 15) is 14.0 Å². The molecular formula is C5H6FNO4. The molecule has 0 spiro atoms. The quantitative estimate of drug-likeness (QED) is 0.479. The maximum atomic E-state index is 12.1. The second-order valence-corrected chi connectivity index (χ2v) is 1.67. The Hall–Kier alpha value is -1.59. The SMILES string of the molecule is N/C(=C\C(F)C(=O)O)C(=O)O. The van der Waals surface area contributed by atoms with E-state index >= 15 is 0 Å². The average molecular weight is 163 g/mol. The van der Waals surface area contributed by atoms with Gasteiger partial charge in [-0.2, -0.15) is 0 Å². The van der Waals surface area contributed by atoms with Crippen molar-refractivity contribution in [1.29, 1.82) is 0 Å². The van der Waals surface area contributed by atoms with Gasteiger partial charge in [0, 0.05) is 0 Å². The van der Waals surface area contributed by atoms with Crippen LogP contribution in [-0.4, -0.2) is 28.3 Å². The van der Waals surface area contributed by atoms with Crippen LogP contribution in [0, 0.1) is 0 Å². The van der Waals surface area contributed by atoms with Crippen LogP contribution in [0.25, 0.3) is 0 Å². The second kappa shape index (κ2) is 3.55. The standard InChI is InChI=1S/C5H6FNO4/c6-2(4(8)9)1-3(7)5(10)11/h1-2H,7H2,(H,8,9)(H,10,11)/b3-1-. The smallest absolute Gasteiger partial charge is 0.351 e. The minimum absolute atomic E-state index is 0.310. The van der Waals surface area contributed by atoms with E-state index in [-0.39, 0.29) is 0 Å². The van der Waals surface area contributed by atoms with Crippen LogP contribution in [0.1, 0.15) is 0 Å². The summed E-state index contributed by atoms with van der Waals surface area (Å²) in [5.41, 5.74) is 3.89. The lowest BCUT2D eigenvalue weighted by Gasteiger charge is -1.95. The summed E-state index contributed by atoms with van der Waals surface area (Å²) in [6, 6.07) is 0. The number of carboxylic acids is 2. The van der Waals surface area contributed by atoms with Crippen LogP contribution in [0.15, 0.2) is 11.8 Å². The van der Waals surface area contributed by atoms with Crippen LogP contribution >= 0.6 is 0 Å². The highest BCUT2D eigenvalue weighted by molar-refractivity contribution is 5.87. The van der Waals surface area contributed by atoms with E-state index in [2.05, 4.69) is 0 Å². The van der Waals surface area contributed by atoms with Crippen molar-refractivity contribution in [3.05, 3.63) is 11.8 Å². The number of aliphatic carboxylic acids is 2. The third kappa shape index (κ3) is 3.19. The lowest BCUT2D eigenvalue weighted by molar-refractivity contribution is -0.140. The van der Waals surface area contributed by atoms with Gasteiger partial charge in [0.05, 0.1) is 0 Å². The molecule has 0 bridgehead atoms. The summed E-state index contributed by atoms with van der Waals surface area (Å²) in [7, 11) is 0. The molecule has 0 aliphatic heterocycles. The van der Waals surface area contributed by atoms with Crippen molar-refractivity contribution in [2.45, 2.75) is 6.17 Å². The van der Waals surface area contributed by atoms with Crippen molar-refractivity contribution in [3.63, 3.8) is 0 Å². The summed E-state index contributed by atoms with van der Waals surface area (Å²) in [5, 5.41) is 16.0. The Kier molecular flexibility index (Phi) is 3.03. The zero-order valence-corrected chi connectivity index (χ0v) is 5.32. The molecule has 62 valence electrons. The Labute approximate surface area is 60.9 Å². The first kappa shape index (κ1) is 9.41. The highest BCUT2D eigenvalue weighted by atomic mass is 19.1. The van der Waals surface area contributed by atoms with Gasteiger partial charge < -0.3 is 15.9 Å². The van der Waals surface area contributed by atoms with Gasteiger partial charge in [-0.15, -0.1) is 0 Å². The molecule has 0 fully saturated rings. The summed E-state index contributed by atoms with van der Waals surface area (Å²) < 4.78 is 12.1. The molecule has 6 heteroatoms. The highest BCUT2D eigenvalue weighted by Gasteiger charge is 2.14. The molecule has 0 aromatic heterocycles. The largest absolute Gasteiger partial charge is 0.479 e. The van der Waals surface area contributed by atoms with Gasteiger partial charge in [-0.1, -0.05) is 0 Å². The predicted molar refractivity (Wildman–Crippen MR) is 32.4 cm³/mol. The van der Waals surface area contributed by atoms with E-state index < -0.39 is 23.8 Å². The fraction of sp³-hybridized carbons (Fsp3) is 0.200. The minimum Gasteiger partial charge on any atom is -0.479 e. The Bertz CT molecular complexity index is 213. The van der Waals surface area contributed by atoms with Gasteiger partial charge in [0.1, 0.15) is 5.70 Å². The Morgan fingerprint density at radius 1 is 1.45 bits per heavy atom. The van der Waals surface area contributed by atoms with Gasteiger partial charge >= 0.3 is 11.9 Å². The van der Waals surface area contributed by atoms with Gasteiger partial charge in [-0.25, -0.2) is 14.0 Å². The van der Waals surface area contributed by atoms with E-state index in [1.54, 1.807) is 0 Å². The van der Waals surface area contributed by atoms with Crippen LogP contribution in [-0.2, 0) is 9.59 Å². The number of hydrogen-bond donors (Lipinski definition) is 3. The third-order valence-electron chi connectivity index (χ3n) is 0.809. The molecule has 1 unspecified atom stereocenters. The fourth-order valence-electron chi connectivity index (χ4n) is 0.300. The lowest BCUT2D eigenvalue weighted by atomic mass is 10.3. The Balaban J connectivity index is 4.31. The Morgan fingerprint density at radius 3 is 2.18 bits per heavy atom. The highest BCUT2D eigenvalue weighted by Crippen LogP contribution is 1.95. The minimum atomic E-state index is -2.37. The number of rotatable bonds is 3. The molecular weight excluding hydrogens is 157 g/mol. The van der Waals surface area contributed by atoms with Crippen molar-refractivity contribution >= 4 is 11.9 Å². The van der Waals surface area contributed by atoms with Crippen LogP contribution in [0.4, 0.5) is 4.39 Å². The summed E-state index contributed by atoms with van der Waals surface area (Å²) in [6.45, 7) is 0. The van der Waals surface area contributed by atoms with E-state index in [4.69, 9.17) is 15.9 Å². The van der Waals surface area contributed by atoms with Crippen molar-refractivity contribution in [3.8, 4) is 0 Å². The Morgan fingerprint density at radius 2 is 1.91 bits per heavy atom. The first-order chi connectivity index (χ1) is 4.95. The zero-order chi connectivity index (χ0) is 9.02. The summed E-state index contributed by atoms with van der Waals surface area (Å²) >= 11 is 0. The van der Waals surface area contributed by atoms with Crippen LogP contribution < -0.4 is 5.73 Å². The molecule has 0 saturated heterocycles. The molecule has 0 radical (unpaired) electrons. The summed E-state index contributed by atoms with van der Waals surface area (Å²) in [5.74, 6) is -3.32. The zero-order valence-electron chi connectivity index (χ0n) is 5.32. The van der Waals surface area contributed by atoms with E-state index in [1.165, 1.54) is 0 Å². The molecule has 0 aliphatic carbocycles. The van der Waals surface area contributed by atoms with Crippen molar-refractivity contribution in [2.75, 3.05) is 0 Å². The molecule has 4 N–H and O–H groups in total. The molecule has 11 heavy (non-hydrogen) atoms. The normalized spacial score (nSPS) is 14.1. The van der Waals surface area contributed by atoms with Gasteiger partial charge in [0.2, 0.25) is 6.17 Å². The number of carboxylic acid groups (broad SMARTS) is 2. The summed E-state index contributed by atoms with van der Waals surface area (Å²) in [4.78, 5) is 19.7. The van der Waals surface area contributed by atoms with Gasteiger partial charge in [-0.05, 0) is 6.08 Å². The van der Waals surface area contributed by atoms with Crippen molar-refractivity contribution < 1.29 is 24.2 Å². The maximum Gasteiger partial charge on any atom is 0.351 e. The second-order valence-electron chi connectivity index (χ2n) is 1.67. The van der Waals surface area contributed by atoms with Gasteiger partial charge in [-0.3, -0.25) is 0 Å². The molecule has 5 nitrogen and oxygen atoms in total. The average Bonchev–Trinajstić information content (AvgIpc) is 1.87. The fourth-order valence-corrected chi connectivity index (χ4v) is 0.300. The molecule has 0 amide bonds. The predicted octanol–water partition coefficient (Wildman–Crippen LogP) is -0.664. The number of alkyl halides is 1. The van der Waals surface area contributed by atoms with E-state index in [0.29, 0.717) is 6.08 Å². The number of carbonyl (C=O) groups is 2. The summed E-state index contributed by atoms with van der Waals surface area (Å²) in [6.07, 6.45) is -2.06. The van der Waals surface area contributed by atoms with Crippen LogP contribution in [0.2, 0.25) is 0 Å². The van der Waals surface area contributed by atoms with Crippen molar-refractivity contribution in [1.82, 2.24) is 0 Å². The molecule has 0 aliphatic rings. The molecule has 0 aromatic rings. The number of nitrogens with two attached hydrogens (primary N) is 1. The van der Waals surface area contributed by atoms with Gasteiger partial charge in [0.25, 0.3) is 0 Å². The van der Waals surface area contributed by atoms with Crippen LogP contribution in [0.5, 0.6) is 0 Å². The molecule has 0 aromatic carbocycles. The topological polar surface area (TPSA) is 101 Å².